The summed E-state index contributed by atoms with van der Waals surface area (Å²) in [5.74, 6) is -4.40. The molecule has 1 aliphatic rings. The van der Waals surface area contributed by atoms with E-state index in [0.717, 1.165) is 34.1 Å². The van der Waals surface area contributed by atoms with Gasteiger partial charge in [-0.3, -0.25) is 9.59 Å². The fraction of sp³-hybridized carbons (Fsp3) is 0.426. The molecule has 0 aliphatic heterocycles. The lowest BCUT2D eigenvalue weighted by atomic mass is 9.91. The summed E-state index contributed by atoms with van der Waals surface area (Å²) in [5.41, 5.74) is 4.44. The molecule has 15 nitrogen and oxygen atoms in total. The van der Waals surface area contributed by atoms with Gasteiger partial charge >= 0.3 is 24.0 Å². The van der Waals surface area contributed by atoms with Crippen LogP contribution in [0.15, 0.2) is 109 Å². The highest BCUT2D eigenvalue weighted by molar-refractivity contribution is 7.90. The van der Waals surface area contributed by atoms with Crippen molar-refractivity contribution in [3.05, 3.63) is 136 Å². The zero-order valence-electron chi connectivity index (χ0n) is 41.5. The van der Waals surface area contributed by atoms with Crippen LogP contribution in [0, 0.1) is 17.3 Å². The third-order valence-corrected chi connectivity index (χ3v) is 12.9. The minimum atomic E-state index is -3.70. The third kappa shape index (κ3) is 16.4. The van der Waals surface area contributed by atoms with E-state index < -0.39 is 69.3 Å². The molecular formula is C54H65ClN2O13S. The molecule has 3 unspecified atom stereocenters. The summed E-state index contributed by atoms with van der Waals surface area (Å²) < 4.78 is 57.5. The predicted molar refractivity (Wildman–Crippen MR) is 269 cm³/mol. The minimum Gasteiger partial charge on any atom is -0.495 e. The Balaban J connectivity index is 1.27. The number of methoxy groups -OCH3 is 2. The van der Waals surface area contributed by atoms with E-state index in [2.05, 4.69) is 10.6 Å². The summed E-state index contributed by atoms with van der Waals surface area (Å²) in [6.07, 6.45) is 0.702. The molecule has 4 aromatic rings. The van der Waals surface area contributed by atoms with Crippen molar-refractivity contribution in [2.24, 2.45) is 17.3 Å². The van der Waals surface area contributed by atoms with Crippen LogP contribution in [0.3, 0.4) is 0 Å². The SMILES string of the molecule is COc1ccc(C[C@@H](NC(=O)/C=C/CC(OC(=O)[C@H](CC(C)C)OC(=O)C(C)(C)CNC(=O)OCC2c3ccccc3-c3ccccc32)C(C)CC(OC)c2ccccc2)C(=O)OCS(C)(=O)=O)cc1Cl. The van der Waals surface area contributed by atoms with Crippen LogP contribution in [0.2, 0.25) is 5.02 Å². The van der Waals surface area contributed by atoms with E-state index in [-0.39, 0.29) is 61.3 Å². The number of amides is 2. The van der Waals surface area contributed by atoms with Crippen molar-refractivity contribution in [1.29, 1.82) is 0 Å². The van der Waals surface area contributed by atoms with Gasteiger partial charge < -0.3 is 39.1 Å². The van der Waals surface area contributed by atoms with Crippen LogP contribution in [0.5, 0.6) is 5.75 Å². The van der Waals surface area contributed by atoms with Gasteiger partial charge in [0.2, 0.25) is 5.91 Å². The molecule has 2 N–H and O–H groups in total. The number of carbonyl (C=O) groups excluding carboxylic acids is 5. The number of nitrogens with one attached hydrogen (secondary N) is 2. The van der Waals surface area contributed by atoms with Crippen LogP contribution >= 0.6 is 11.6 Å². The van der Waals surface area contributed by atoms with Gasteiger partial charge in [-0.05, 0) is 90.1 Å². The van der Waals surface area contributed by atoms with Crippen molar-refractivity contribution in [1.82, 2.24) is 10.6 Å². The molecule has 5 atom stereocenters. The van der Waals surface area contributed by atoms with Crippen molar-refractivity contribution in [2.45, 2.75) is 90.6 Å². The van der Waals surface area contributed by atoms with E-state index in [1.165, 1.54) is 19.3 Å². The second-order valence-electron chi connectivity index (χ2n) is 18.8. The molecule has 0 aromatic heterocycles. The van der Waals surface area contributed by atoms with Crippen molar-refractivity contribution in [3.63, 3.8) is 0 Å². The predicted octanol–water partition coefficient (Wildman–Crippen LogP) is 8.72. The van der Waals surface area contributed by atoms with E-state index in [0.29, 0.717) is 17.7 Å². The zero-order chi connectivity index (χ0) is 51.9. The zero-order valence-corrected chi connectivity index (χ0v) is 43.0. The van der Waals surface area contributed by atoms with Crippen molar-refractivity contribution in [3.8, 4) is 16.9 Å². The van der Waals surface area contributed by atoms with Gasteiger partial charge in [0.05, 0.1) is 23.7 Å². The number of carbonyl (C=O) groups is 5. The van der Waals surface area contributed by atoms with Gasteiger partial charge in [-0.2, -0.15) is 0 Å². The highest BCUT2D eigenvalue weighted by Crippen LogP contribution is 2.44. The monoisotopic (exact) mass is 1020 g/mol. The van der Waals surface area contributed by atoms with Crippen LogP contribution in [-0.2, 0) is 59.1 Å². The lowest BCUT2D eigenvalue weighted by Gasteiger charge is -2.30. The number of ether oxygens (including phenoxy) is 6. The van der Waals surface area contributed by atoms with Gasteiger partial charge in [-0.25, -0.2) is 22.8 Å². The first-order valence-electron chi connectivity index (χ1n) is 23.4. The molecule has 0 saturated heterocycles. The van der Waals surface area contributed by atoms with Crippen LogP contribution in [0.4, 0.5) is 4.79 Å². The number of hydrogen-bond donors (Lipinski definition) is 2. The summed E-state index contributed by atoms with van der Waals surface area (Å²) >= 11 is 6.31. The fourth-order valence-electron chi connectivity index (χ4n) is 8.13. The maximum absolute atomic E-state index is 14.2. The molecule has 5 rings (SSSR count). The number of esters is 3. The van der Waals surface area contributed by atoms with E-state index in [1.807, 2.05) is 99.6 Å². The highest BCUT2D eigenvalue weighted by atomic mass is 35.5. The highest BCUT2D eigenvalue weighted by Gasteiger charge is 2.37. The van der Waals surface area contributed by atoms with Gasteiger partial charge in [-0.15, -0.1) is 0 Å². The molecule has 71 heavy (non-hydrogen) atoms. The number of sulfone groups is 1. The number of fused-ring (bicyclic) bond motifs is 3. The van der Waals surface area contributed by atoms with Crippen molar-refractivity contribution in [2.75, 3.05) is 39.6 Å². The topological polar surface area (TPSA) is 199 Å². The molecule has 0 spiro atoms. The normalized spacial score (nSPS) is 14.6. The molecule has 4 aromatic carbocycles. The standard InChI is InChI=1S/C54H65ClN2O13S/c1-34(2)27-48(70-52(61)54(4,5)32-56-53(62)67-31-42-40-21-14-12-19-38(40)39-20-13-15-22-41(39)42)51(60)69-45(35(3)28-47(66-7)37-17-10-9-11-18-37)23-16-24-49(58)57-44(50(59)68-33-71(8,63)64)30-36-25-26-46(65-6)43(55)29-36/h9-22,24-26,29,34-35,42,44-45,47-48H,23,27-28,30-33H2,1-8H3,(H,56,62)(H,57,58)/b24-16+/t35?,44-,45?,47?,48+/m1/s1. The minimum absolute atomic E-state index is 0.0146. The molecule has 0 radical (unpaired) electrons. The smallest absolute Gasteiger partial charge is 0.407 e. The number of benzene rings is 4. The molecule has 17 heteroatoms. The van der Waals surface area contributed by atoms with Gasteiger partial charge in [0.25, 0.3) is 0 Å². The molecule has 382 valence electrons. The Kier molecular flexibility index (Phi) is 20.2. The number of halogens is 1. The molecule has 0 saturated carbocycles. The molecule has 1 aliphatic carbocycles. The van der Waals surface area contributed by atoms with Crippen molar-refractivity contribution < 1.29 is 60.8 Å². The third-order valence-electron chi connectivity index (χ3n) is 12.0. The molecule has 0 bridgehead atoms. The lowest BCUT2D eigenvalue weighted by molar-refractivity contribution is -0.179. The van der Waals surface area contributed by atoms with Gasteiger partial charge in [-0.1, -0.05) is 123 Å². The Labute approximate surface area is 421 Å². The first-order valence-corrected chi connectivity index (χ1v) is 25.8. The van der Waals surface area contributed by atoms with Gasteiger partial charge in [0.1, 0.15) is 24.5 Å². The largest absolute Gasteiger partial charge is 0.495 e. The van der Waals surface area contributed by atoms with E-state index in [1.54, 1.807) is 39.2 Å². The average molecular weight is 1020 g/mol. The van der Waals surface area contributed by atoms with E-state index in [4.69, 9.17) is 40.0 Å². The average Bonchev–Trinajstić information content (AvgIpc) is 3.65. The maximum atomic E-state index is 14.2. The first kappa shape index (κ1) is 55.7. The summed E-state index contributed by atoms with van der Waals surface area (Å²) in [6, 6.07) is 29.0. The Morgan fingerprint density at radius 3 is 2.03 bits per heavy atom. The maximum Gasteiger partial charge on any atom is 0.407 e. The van der Waals surface area contributed by atoms with Crippen molar-refractivity contribution >= 4 is 51.3 Å². The van der Waals surface area contributed by atoms with Crippen LogP contribution in [-0.4, -0.2) is 96.1 Å². The molecule has 0 heterocycles. The van der Waals surface area contributed by atoms with Gasteiger partial charge in [0.15, 0.2) is 21.9 Å². The van der Waals surface area contributed by atoms with Crippen LogP contribution in [0.1, 0.15) is 88.2 Å². The van der Waals surface area contributed by atoms with Gasteiger partial charge in [0, 0.05) is 38.7 Å². The van der Waals surface area contributed by atoms with Crippen LogP contribution in [0.25, 0.3) is 11.1 Å². The summed E-state index contributed by atoms with van der Waals surface area (Å²) in [7, 11) is -0.671. The summed E-state index contributed by atoms with van der Waals surface area (Å²) in [4.78, 5) is 67.7. The Morgan fingerprint density at radius 1 is 0.803 bits per heavy atom. The lowest BCUT2D eigenvalue weighted by Crippen LogP contribution is -2.44. The first-order chi connectivity index (χ1) is 33.7. The Hall–Kier alpha value is -6.23. The number of hydrogen-bond acceptors (Lipinski definition) is 13. The summed E-state index contributed by atoms with van der Waals surface area (Å²) in [6.45, 7) is 8.73. The number of rotatable bonds is 25. The molecule has 0 fully saturated rings. The fourth-order valence-corrected chi connectivity index (χ4v) is 8.74. The Morgan fingerprint density at radius 2 is 1.44 bits per heavy atom. The van der Waals surface area contributed by atoms with E-state index in [9.17, 15) is 32.4 Å². The summed E-state index contributed by atoms with van der Waals surface area (Å²) in [5, 5.41) is 5.54. The quantitative estimate of drug-likeness (QED) is 0.0363. The number of alkyl carbamates (subject to hydrolysis) is 1. The van der Waals surface area contributed by atoms with Crippen LogP contribution < -0.4 is 15.4 Å². The Bertz CT molecular complexity index is 2570. The molecular weight excluding hydrogens is 952 g/mol. The second-order valence-corrected chi connectivity index (χ2v) is 21.3. The molecule has 2 amide bonds. The van der Waals surface area contributed by atoms with E-state index >= 15 is 0 Å². The second kappa shape index (κ2) is 25.8.